The molecule has 0 saturated carbocycles. The Morgan fingerprint density at radius 1 is 1.20 bits per heavy atom. The van der Waals surface area contributed by atoms with Crippen LogP contribution < -0.4 is 4.90 Å². The van der Waals surface area contributed by atoms with Gasteiger partial charge in [-0.05, 0) is 35.4 Å². The third-order valence-electron chi connectivity index (χ3n) is 3.92. The standard InChI is InChI=1S/C20H17N3O2/c1-2-20(24)23(19-8-4-5-15(10-19)11-21)13-16-6-3-7-17(9-16)18-12-22-25-14-18/h3-10,12,14H,2,13H2,1H3. The van der Waals surface area contributed by atoms with Crippen molar-refractivity contribution in [3.05, 3.63) is 72.1 Å². The third kappa shape index (κ3) is 3.75. The molecule has 124 valence electrons. The molecular weight excluding hydrogens is 314 g/mol. The van der Waals surface area contributed by atoms with Crippen molar-refractivity contribution in [3.8, 4) is 17.2 Å². The van der Waals surface area contributed by atoms with E-state index in [-0.39, 0.29) is 5.91 Å². The predicted molar refractivity (Wildman–Crippen MR) is 94.6 cm³/mol. The molecule has 2 aromatic carbocycles. The third-order valence-corrected chi connectivity index (χ3v) is 3.92. The van der Waals surface area contributed by atoms with E-state index in [9.17, 15) is 4.79 Å². The first-order chi connectivity index (χ1) is 12.2. The van der Waals surface area contributed by atoms with Crippen molar-refractivity contribution in [3.63, 3.8) is 0 Å². The summed E-state index contributed by atoms with van der Waals surface area (Å²) in [6, 6.07) is 17.1. The fraction of sp³-hybridized carbons (Fsp3) is 0.150. The van der Waals surface area contributed by atoms with Gasteiger partial charge in [-0.2, -0.15) is 5.26 Å². The van der Waals surface area contributed by atoms with Crippen molar-refractivity contribution >= 4 is 11.6 Å². The van der Waals surface area contributed by atoms with Crippen LogP contribution in [0.1, 0.15) is 24.5 Å². The van der Waals surface area contributed by atoms with Gasteiger partial charge < -0.3 is 9.42 Å². The number of nitriles is 1. The number of aromatic nitrogens is 1. The fourth-order valence-electron chi connectivity index (χ4n) is 2.64. The van der Waals surface area contributed by atoms with Crippen LogP contribution in [0.4, 0.5) is 5.69 Å². The maximum atomic E-state index is 12.4. The van der Waals surface area contributed by atoms with Gasteiger partial charge in [0.25, 0.3) is 0 Å². The molecule has 1 aromatic heterocycles. The zero-order valence-electron chi connectivity index (χ0n) is 13.8. The van der Waals surface area contributed by atoms with Gasteiger partial charge in [0.05, 0.1) is 24.4 Å². The maximum Gasteiger partial charge on any atom is 0.227 e. The second kappa shape index (κ2) is 7.45. The lowest BCUT2D eigenvalue weighted by molar-refractivity contribution is -0.118. The Hall–Kier alpha value is -3.39. The first kappa shape index (κ1) is 16.5. The topological polar surface area (TPSA) is 70.1 Å². The van der Waals surface area contributed by atoms with Crippen molar-refractivity contribution in [1.82, 2.24) is 5.16 Å². The molecule has 5 nitrogen and oxygen atoms in total. The van der Waals surface area contributed by atoms with E-state index >= 15 is 0 Å². The van der Waals surface area contributed by atoms with Crippen LogP contribution in [0.3, 0.4) is 0 Å². The van der Waals surface area contributed by atoms with Gasteiger partial charge in [0.2, 0.25) is 5.91 Å². The Bertz CT molecular complexity index is 911. The van der Waals surface area contributed by atoms with Crippen LogP contribution in [0.2, 0.25) is 0 Å². The summed E-state index contributed by atoms with van der Waals surface area (Å²) in [5.74, 6) is 0.00507. The Morgan fingerprint density at radius 3 is 2.76 bits per heavy atom. The zero-order valence-corrected chi connectivity index (χ0v) is 13.8. The van der Waals surface area contributed by atoms with Crippen molar-refractivity contribution in [2.45, 2.75) is 19.9 Å². The summed E-state index contributed by atoms with van der Waals surface area (Å²) < 4.78 is 4.90. The molecule has 0 unspecified atom stereocenters. The van der Waals surface area contributed by atoms with Crippen molar-refractivity contribution in [2.24, 2.45) is 0 Å². The van der Waals surface area contributed by atoms with Crippen molar-refractivity contribution in [1.29, 1.82) is 5.26 Å². The van der Waals surface area contributed by atoms with E-state index in [1.165, 1.54) is 0 Å². The van der Waals surface area contributed by atoms with Crippen LogP contribution in [0.25, 0.3) is 11.1 Å². The predicted octanol–water partition coefficient (Wildman–Crippen LogP) is 4.16. The van der Waals surface area contributed by atoms with Crippen LogP contribution in [0, 0.1) is 11.3 Å². The molecule has 0 radical (unpaired) electrons. The lowest BCUT2D eigenvalue weighted by atomic mass is 10.1. The van der Waals surface area contributed by atoms with E-state index in [0.29, 0.717) is 18.5 Å². The Labute approximate surface area is 146 Å². The molecule has 0 aliphatic carbocycles. The summed E-state index contributed by atoms with van der Waals surface area (Å²) in [6.07, 6.45) is 3.64. The number of rotatable bonds is 5. The van der Waals surface area contributed by atoms with Crippen LogP contribution in [-0.4, -0.2) is 11.1 Å². The number of nitrogens with zero attached hydrogens (tertiary/aromatic N) is 3. The number of amides is 1. The van der Waals surface area contributed by atoms with E-state index in [0.717, 1.165) is 22.4 Å². The van der Waals surface area contributed by atoms with Crippen LogP contribution in [0.5, 0.6) is 0 Å². The second-order valence-electron chi connectivity index (χ2n) is 5.61. The molecule has 25 heavy (non-hydrogen) atoms. The Morgan fingerprint density at radius 2 is 2.04 bits per heavy atom. The van der Waals surface area contributed by atoms with Gasteiger partial charge in [-0.15, -0.1) is 0 Å². The second-order valence-corrected chi connectivity index (χ2v) is 5.61. The Kier molecular flexibility index (Phi) is 4.91. The van der Waals surface area contributed by atoms with Gasteiger partial charge in [-0.1, -0.05) is 36.3 Å². The van der Waals surface area contributed by atoms with Gasteiger partial charge in [0.1, 0.15) is 6.26 Å². The lowest BCUT2D eigenvalue weighted by Gasteiger charge is -2.23. The maximum absolute atomic E-state index is 12.4. The average molecular weight is 331 g/mol. The number of carbonyl (C=O) groups is 1. The lowest BCUT2D eigenvalue weighted by Crippen LogP contribution is -2.29. The number of hydrogen-bond donors (Lipinski definition) is 0. The van der Waals surface area contributed by atoms with Gasteiger partial charge in [0, 0.05) is 17.7 Å². The van der Waals surface area contributed by atoms with Gasteiger partial charge in [-0.25, -0.2) is 0 Å². The van der Waals surface area contributed by atoms with E-state index in [2.05, 4.69) is 11.2 Å². The Balaban J connectivity index is 1.92. The van der Waals surface area contributed by atoms with E-state index in [1.54, 1.807) is 35.6 Å². The summed E-state index contributed by atoms with van der Waals surface area (Å²) in [6.45, 7) is 2.26. The van der Waals surface area contributed by atoms with Crippen LogP contribution in [0.15, 0.2) is 65.5 Å². The molecule has 0 saturated heterocycles. The summed E-state index contributed by atoms with van der Waals surface area (Å²) in [4.78, 5) is 14.1. The van der Waals surface area contributed by atoms with Gasteiger partial charge in [-0.3, -0.25) is 4.79 Å². The highest BCUT2D eigenvalue weighted by molar-refractivity contribution is 5.93. The molecule has 1 amide bonds. The van der Waals surface area contributed by atoms with E-state index in [1.807, 2.05) is 37.3 Å². The zero-order chi connectivity index (χ0) is 17.6. The summed E-state index contributed by atoms with van der Waals surface area (Å²) in [5.41, 5.74) is 4.11. The highest BCUT2D eigenvalue weighted by Gasteiger charge is 2.15. The molecule has 0 fully saturated rings. The quantitative estimate of drug-likeness (QED) is 0.704. The minimum Gasteiger partial charge on any atom is -0.364 e. The largest absolute Gasteiger partial charge is 0.364 e. The van der Waals surface area contributed by atoms with Crippen molar-refractivity contribution in [2.75, 3.05) is 4.90 Å². The molecule has 3 aromatic rings. The van der Waals surface area contributed by atoms with Crippen LogP contribution in [-0.2, 0) is 11.3 Å². The minimum atomic E-state index is 0.00507. The molecule has 0 spiro atoms. The van der Waals surface area contributed by atoms with E-state index in [4.69, 9.17) is 9.78 Å². The molecule has 3 rings (SSSR count). The van der Waals surface area contributed by atoms with Crippen molar-refractivity contribution < 1.29 is 9.32 Å². The molecule has 0 N–H and O–H groups in total. The molecule has 0 atom stereocenters. The smallest absolute Gasteiger partial charge is 0.227 e. The summed E-state index contributed by atoms with van der Waals surface area (Å²) in [5, 5.41) is 12.8. The summed E-state index contributed by atoms with van der Waals surface area (Å²) in [7, 11) is 0. The molecular formula is C20H17N3O2. The number of anilines is 1. The molecule has 1 heterocycles. The first-order valence-corrected chi connectivity index (χ1v) is 8.00. The van der Waals surface area contributed by atoms with Gasteiger partial charge in [0.15, 0.2) is 0 Å². The molecule has 0 bridgehead atoms. The highest BCUT2D eigenvalue weighted by Crippen LogP contribution is 2.23. The normalized spacial score (nSPS) is 10.2. The number of benzene rings is 2. The summed E-state index contributed by atoms with van der Waals surface area (Å²) >= 11 is 0. The molecule has 0 aliphatic heterocycles. The molecule has 5 heteroatoms. The minimum absolute atomic E-state index is 0.00507. The highest BCUT2D eigenvalue weighted by atomic mass is 16.5. The van der Waals surface area contributed by atoms with Crippen LogP contribution >= 0.6 is 0 Å². The first-order valence-electron chi connectivity index (χ1n) is 8.00. The SMILES string of the molecule is CCC(=O)N(Cc1cccc(-c2cnoc2)c1)c1cccc(C#N)c1. The molecule has 0 aliphatic rings. The fourth-order valence-corrected chi connectivity index (χ4v) is 2.64. The number of carbonyl (C=O) groups excluding carboxylic acids is 1. The monoisotopic (exact) mass is 331 g/mol. The average Bonchev–Trinajstić information content (AvgIpc) is 3.20. The van der Waals surface area contributed by atoms with E-state index < -0.39 is 0 Å². The van der Waals surface area contributed by atoms with Gasteiger partial charge >= 0.3 is 0 Å². The number of hydrogen-bond acceptors (Lipinski definition) is 4.